The summed E-state index contributed by atoms with van der Waals surface area (Å²) in [4.78, 5) is 0. The summed E-state index contributed by atoms with van der Waals surface area (Å²) in [6, 6.07) is 5.59. The van der Waals surface area contributed by atoms with Gasteiger partial charge in [-0.25, -0.2) is 0 Å². The number of nitrogens with zero attached hydrogens (tertiary/aromatic N) is 1. The first-order chi connectivity index (χ1) is 8.63. The molecule has 1 saturated heterocycles. The van der Waals surface area contributed by atoms with Crippen LogP contribution in [0.5, 0.6) is 0 Å². The number of H-pyrrole nitrogens is 1. The van der Waals surface area contributed by atoms with E-state index < -0.39 is 0 Å². The molecule has 0 radical (unpaired) electrons. The van der Waals surface area contributed by atoms with Gasteiger partial charge in [0.25, 0.3) is 0 Å². The number of nitrogens with one attached hydrogen (secondary N) is 2. The van der Waals surface area contributed by atoms with Gasteiger partial charge in [-0.2, -0.15) is 5.10 Å². The Labute approximate surface area is 108 Å². The highest BCUT2D eigenvalue weighted by atomic mass is 15.1. The lowest BCUT2D eigenvalue weighted by Gasteiger charge is -2.34. The number of piperidine rings is 1. The van der Waals surface area contributed by atoms with Gasteiger partial charge in [-0.15, -0.1) is 0 Å². The topological polar surface area (TPSA) is 40.7 Å². The van der Waals surface area contributed by atoms with Crippen molar-refractivity contribution in [3.63, 3.8) is 0 Å². The van der Waals surface area contributed by atoms with Crippen LogP contribution in [0.25, 0.3) is 10.9 Å². The van der Waals surface area contributed by atoms with Gasteiger partial charge < -0.3 is 5.32 Å². The number of rotatable bonds is 1. The molecule has 3 rings (SSSR count). The molecule has 1 aromatic heterocycles. The lowest BCUT2D eigenvalue weighted by atomic mass is 9.85. The second-order valence-corrected chi connectivity index (χ2v) is 5.86. The zero-order chi connectivity index (χ0) is 12.7. The zero-order valence-corrected chi connectivity index (χ0v) is 11.3. The second-order valence-electron chi connectivity index (χ2n) is 5.86. The van der Waals surface area contributed by atoms with Crippen LogP contribution in [0.1, 0.15) is 43.9 Å². The van der Waals surface area contributed by atoms with Gasteiger partial charge in [-0.05, 0) is 55.9 Å². The van der Waals surface area contributed by atoms with Crippen molar-refractivity contribution in [3.05, 3.63) is 29.5 Å². The van der Waals surface area contributed by atoms with Crippen LogP contribution in [0.4, 0.5) is 0 Å². The van der Waals surface area contributed by atoms with Gasteiger partial charge in [0.1, 0.15) is 0 Å². The van der Waals surface area contributed by atoms with Crippen LogP contribution in [-0.4, -0.2) is 16.2 Å². The highest BCUT2D eigenvalue weighted by Crippen LogP contribution is 2.32. The maximum absolute atomic E-state index is 4.11. The first-order valence-corrected chi connectivity index (χ1v) is 6.83. The first kappa shape index (κ1) is 11.7. The number of hydrogen-bond donors (Lipinski definition) is 2. The average Bonchev–Trinajstić information content (AvgIpc) is 2.73. The van der Waals surface area contributed by atoms with Gasteiger partial charge in [0.2, 0.25) is 0 Å². The molecule has 2 N–H and O–H groups in total. The SMILES string of the molecule is Cc1cc2cn[nH]c2cc1C1CC(C)CC(C)N1. The monoisotopic (exact) mass is 243 g/mol. The van der Waals surface area contributed by atoms with E-state index in [2.05, 4.69) is 48.4 Å². The Hall–Kier alpha value is -1.35. The molecule has 1 aromatic carbocycles. The van der Waals surface area contributed by atoms with E-state index in [4.69, 9.17) is 0 Å². The van der Waals surface area contributed by atoms with E-state index in [9.17, 15) is 0 Å². The van der Waals surface area contributed by atoms with Gasteiger partial charge in [0, 0.05) is 17.5 Å². The second kappa shape index (κ2) is 4.39. The van der Waals surface area contributed by atoms with Gasteiger partial charge in [-0.1, -0.05) is 6.92 Å². The van der Waals surface area contributed by atoms with Crippen molar-refractivity contribution in [2.75, 3.05) is 0 Å². The maximum atomic E-state index is 4.11. The molecule has 1 aliphatic heterocycles. The van der Waals surface area contributed by atoms with E-state index >= 15 is 0 Å². The summed E-state index contributed by atoms with van der Waals surface area (Å²) in [6.07, 6.45) is 4.40. The largest absolute Gasteiger partial charge is 0.307 e. The number of hydrogen-bond acceptors (Lipinski definition) is 2. The van der Waals surface area contributed by atoms with Crippen molar-refractivity contribution >= 4 is 10.9 Å². The number of benzene rings is 1. The number of aryl methyl sites for hydroxylation is 1. The molecule has 3 nitrogen and oxygen atoms in total. The molecule has 1 aliphatic rings. The summed E-state index contributed by atoms with van der Waals surface area (Å²) in [5.41, 5.74) is 3.93. The summed E-state index contributed by atoms with van der Waals surface area (Å²) in [7, 11) is 0. The smallest absolute Gasteiger partial charge is 0.0653 e. The van der Waals surface area contributed by atoms with Crippen LogP contribution in [0.15, 0.2) is 18.3 Å². The standard InChI is InChI=1S/C15H21N3/c1-9-4-11(3)17-15(5-9)13-7-14-12(6-10(13)2)8-16-18-14/h6-9,11,15,17H,4-5H2,1-3H3,(H,16,18). The molecule has 3 atom stereocenters. The first-order valence-electron chi connectivity index (χ1n) is 6.83. The Morgan fingerprint density at radius 2 is 2.06 bits per heavy atom. The lowest BCUT2D eigenvalue weighted by molar-refractivity contribution is 0.269. The van der Waals surface area contributed by atoms with Crippen molar-refractivity contribution in [2.24, 2.45) is 5.92 Å². The maximum Gasteiger partial charge on any atom is 0.0653 e. The molecule has 2 aromatic rings. The highest BCUT2D eigenvalue weighted by Gasteiger charge is 2.25. The van der Waals surface area contributed by atoms with E-state index in [0.29, 0.717) is 12.1 Å². The molecule has 2 heterocycles. The van der Waals surface area contributed by atoms with Crippen LogP contribution in [0.3, 0.4) is 0 Å². The molecule has 0 aliphatic carbocycles. The molecule has 0 amide bonds. The fourth-order valence-electron chi connectivity index (χ4n) is 3.30. The molecular weight excluding hydrogens is 222 g/mol. The van der Waals surface area contributed by atoms with E-state index in [0.717, 1.165) is 11.4 Å². The zero-order valence-electron chi connectivity index (χ0n) is 11.3. The van der Waals surface area contributed by atoms with Crippen LogP contribution < -0.4 is 5.32 Å². The quantitative estimate of drug-likeness (QED) is 0.806. The molecule has 96 valence electrons. The third kappa shape index (κ3) is 2.03. The van der Waals surface area contributed by atoms with Crippen molar-refractivity contribution < 1.29 is 0 Å². The van der Waals surface area contributed by atoms with Crippen molar-refractivity contribution in [2.45, 2.75) is 45.7 Å². The summed E-state index contributed by atoms with van der Waals surface area (Å²) >= 11 is 0. The average molecular weight is 243 g/mol. The van der Waals surface area contributed by atoms with E-state index in [1.165, 1.54) is 29.4 Å². The summed E-state index contributed by atoms with van der Waals surface area (Å²) in [5.74, 6) is 0.795. The molecule has 0 spiro atoms. The summed E-state index contributed by atoms with van der Waals surface area (Å²) in [6.45, 7) is 6.84. The molecule has 18 heavy (non-hydrogen) atoms. The van der Waals surface area contributed by atoms with Crippen molar-refractivity contribution in [1.82, 2.24) is 15.5 Å². The Kier molecular flexibility index (Phi) is 2.86. The minimum Gasteiger partial charge on any atom is -0.307 e. The van der Waals surface area contributed by atoms with Crippen molar-refractivity contribution in [1.29, 1.82) is 0 Å². The van der Waals surface area contributed by atoms with E-state index in [1.807, 2.05) is 6.20 Å². The van der Waals surface area contributed by atoms with Crippen LogP contribution in [-0.2, 0) is 0 Å². The lowest BCUT2D eigenvalue weighted by Crippen LogP contribution is -2.38. The fraction of sp³-hybridized carbons (Fsp3) is 0.533. The van der Waals surface area contributed by atoms with Crippen molar-refractivity contribution in [3.8, 4) is 0 Å². The summed E-state index contributed by atoms with van der Waals surface area (Å²) in [5, 5.41) is 12.1. The summed E-state index contributed by atoms with van der Waals surface area (Å²) < 4.78 is 0. The predicted molar refractivity (Wildman–Crippen MR) is 74.6 cm³/mol. The van der Waals surface area contributed by atoms with Crippen LogP contribution >= 0.6 is 0 Å². The Bertz CT molecular complexity index is 548. The normalized spacial score (nSPS) is 28.7. The molecule has 3 heteroatoms. The van der Waals surface area contributed by atoms with Gasteiger partial charge in [0.05, 0.1) is 11.7 Å². The van der Waals surface area contributed by atoms with Gasteiger partial charge in [-0.3, -0.25) is 5.10 Å². The predicted octanol–water partition coefficient (Wildman–Crippen LogP) is 3.32. The van der Waals surface area contributed by atoms with Gasteiger partial charge in [0.15, 0.2) is 0 Å². The highest BCUT2D eigenvalue weighted by molar-refractivity contribution is 5.79. The Balaban J connectivity index is 1.99. The third-order valence-corrected chi connectivity index (χ3v) is 4.08. The Morgan fingerprint density at radius 3 is 2.83 bits per heavy atom. The molecule has 1 fully saturated rings. The molecule has 3 unspecified atom stereocenters. The minimum atomic E-state index is 0.483. The fourth-order valence-corrected chi connectivity index (χ4v) is 3.30. The Morgan fingerprint density at radius 1 is 1.22 bits per heavy atom. The van der Waals surface area contributed by atoms with Crippen LogP contribution in [0, 0.1) is 12.8 Å². The minimum absolute atomic E-state index is 0.483. The third-order valence-electron chi connectivity index (χ3n) is 4.08. The van der Waals surface area contributed by atoms with E-state index in [1.54, 1.807) is 0 Å². The number of fused-ring (bicyclic) bond motifs is 1. The van der Waals surface area contributed by atoms with Crippen LogP contribution in [0.2, 0.25) is 0 Å². The van der Waals surface area contributed by atoms with Gasteiger partial charge >= 0.3 is 0 Å². The molecular formula is C15H21N3. The number of aromatic amines is 1. The molecule has 0 saturated carbocycles. The molecule has 0 bridgehead atoms. The van der Waals surface area contributed by atoms with E-state index in [-0.39, 0.29) is 0 Å². The number of aromatic nitrogens is 2.